The van der Waals surface area contributed by atoms with Crippen LogP contribution in [0.2, 0.25) is 0 Å². The molecule has 1 amide bonds. The van der Waals surface area contributed by atoms with Gasteiger partial charge in [0.25, 0.3) is 0 Å². The van der Waals surface area contributed by atoms with Crippen LogP contribution in [0.1, 0.15) is 30.7 Å². The molecule has 1 aromatic carbocycles. The maximum Gasteiger partial charge on any atom is 0.221 e. The van der Waals surface area contributed by atoms with Crippen molar-refractivity contribution in [3.63, 3.8) is 0 Å². The van der Waals surface area contributed by atoms with E-state index in [0.717, 1.165) is 25.1 Å². The fraction of sp³-hybridized carbons (Fsp3) is 0.533. The molecular formula is C15H20N2O2. The van der Waals surface area contributed by atoms with Gasteiger partial charge in [-0.25, -0.2) is 0 Å². The van der Waals surface area contributed by atoms with Crippen LogP contribution in [-0.2, 0) is 4.79 Å². The first kappa shape index (κ1) is 12.5. The Hall–Kier alpha value is -1.55. The van der Waals surface area contributed by atoms with Gasteiger partial charge in [0.05, 0.1) is 7.11 Å². The molecule has 102 valence electrons. The first-order chi connectivity index (χ1) is 9.26. The topological polar surface area (TPSA) is 50.4 Å². The zero-order chi connectivity index (χ0) is 13.2. The fourth-order valence-corrected chi connectivity index (χ4v) is 3.07. The molecule has 1 aliphatic carbocycles. The lowest BCUT2D eigenvalue weighted by molar-refractivity contribution is -0.119. The number of nitrogens with one attached hydrogen (secondary N) is 2. The van der Waals surface area contributed by atoms with E-state index in [4.69, 9.17) is 4.74 Å². The van der Waals surface area contributed by atoms with Crippen molar-refractivity contribution in [1.82, 2.24) is 10.6 Å². The standard InChI is InChI=1S/C15H20N2O2/c1-19-14-5-3-2-4-13(14)10-6-11(7-10)17-12-8-15(18)16-9-12/h2-5,10-12,17H,6-9H2,1H3,(H,16,18). The first-order valence-electron chi connectivity index (χ1n) is 6.92. The third-order valence-corrected chi connectivity index (χ3v) is 4.17. The van der Waals surface area contributed by atoms with Crippen LogP contribution in [0.15, 0.2) is 24.3 Å². The largest absolute Gasteiger partial charge is 0.496 e. The molecule has 0 spiro atoms. The fourth-order valence-electron chi connectivity index (χ4n) is 3.07. The van der Waals surface area contributed by atoms with Crippen LogP contribution < -0.4 is 15.4 Å². The van der Waals surface area contributed by atoms with Crippen molar-refractivity contribution in [3.05, 3.63) is 29.8 Å². The molecule has 4 nitrogen and oxygen atoms in total. The number of benzene rings is 1. The maximum absolute atomic E-state index is 11.1. The highest BCUT2D eigenvalue weighted by molar-refractivity contribution is 5.78. The lowest BCUT2D eigenvalue weighted by atomic mass is 9.75. The second kappa shape index (κ2) is 5.21. The van der Waals surface area contributed by atoms with Gasteiger partial charge in [0.15, 0.2) is 0 Å². The molecule has 2 fully saturated rings. The molecule has 2 aliphatic rings. The zero-order valence-electron chi connectivity index (χ0n) is 11.2. The van der Waals surface area contributed by atoms with Crippen molar-refractivity contribution in [3.8, 4) is 5.75 Å². The van der Waals surface area contributed by atoms with Crippen LogP contribution in [-0.4, -0.2) is 31.6 Å². The van der Waals surface area contributed by atoms with E-state index >= 15 is 0 Å². The van der Waals surface area contributed by atoms with Crippen LogP contribution in [0.3, 0.4) is 0 Å². The number of rotatable bonds is 4. The van der Waals surface area contributed by atoms with Crippen molar-refractivity contribution in [2.45, 2.75) is 37.3 Å². The van der Waals surface area contributed by atoms with Gasteiger partial charge < -0.3 is 15.4 Å². The maximum atomic E-state index is 11.1. The summed E-state index contributed by atoms with van der Waals surface area (Å²) in [5, 5.41) is 6.42. The van der Waals surface area contributed by atoms with E-state index in [1.807, 2.05) is 12.1 Å². The number of hydrogen-bond donors (Lipinski definition) is 2. The zero-order valence-corrected chi connectivity index (χ0v) is 11.2. The van der Waals surface area contributed by atoms with Crippen LogP contribution in [0.5, 0.6) is 5.75 Å². The number of hydrogen-bond acceptors (Lipinski definition) is 3. The summed E-state index contributed by atoms with van der Waals surface area (Å²) in [7, 11) is 1.73. The summed E-state index contributed by atoms with van der Waals surface area (Å²) in [5.41, 5.74) is 1.31. The summed E-state index contributed by atoms with van der Waals surface area (Å²) in [5.74, 6) is 1.74. The van der Waals surface area contributed by atoms with Crippen molar-refractivity contribution < 1.29 is 9.53 Å². The Labute approximate surface area is 113 Å². The van der Waals surface area contributed by atoms with Crippen molar-refractivity contribution in [1.29, 1.82) is 0 Å². The average molecular weight is 260 g/mol. The van der Waals surface area contributed by atoms with E-state index in [1.54, 1.807) is 7.11 Å². The number of carbonyl (C=O) groups is 1. The monoisotopic (exact) mass is 260 g/mol. The molecule has 2 N–H and O–H groups in total. The molecule has 1 atom stereocenters. The first-order valence-corrected chi connectivity index (χ1v) is 6.92. The van der Waals surface area contributed by atoms with Gasteiger partial charge >= 0.3 is 0 Å². The van der Waals surface area contributed by atoms with Crippen molar-refractivity contribution in [2.24, 2.45) is 0 Å². The molecule has 1 aromatic rings. The molecule has 0 radical (unpaired) electrons. The predicted octanol–water partition coefficient (Wildman–Crippen LogP) is 1.42. The average Bonchev–Trinajstić information content (AvgIpc) is 2.79. The van der Waals surface area contributed by atoms with Crippen LogP contribution >= 0.6 is 0 Å². The van der Waals surface area contributed by atoms with Gasteiger partial charge in [-0.3, -0.25) is 4.79 Å². The van der Waals surface area contributed by atoms with Gasteiger partial charge in [-0.2, -0.15) is 0 Å². The molecule has 1 heterocycles. The van der Waals surface area contributed by atoms with E-state index in [9.17, 15) is 4.79 Å². The normalized spacial score (nSPS) is 29.7. The van der Waals surface area contributed by atoms with E-state index in [1.165, 1.54) is 5.56 Å². The molecule has 1 saturated heterocycles. The minimum atomic E-state index is 0.165. The summed E-state index contributed by atoms with van der Waals surface area (Å²) < 4.78 is 5.41. The number of carbonyl (C=O) groups excluding carboxylic acids is 1. The van der Waals surface area contributed by atoms with E-state index in [0.29, 0.717) is 24.4 Å². The number of para-hydroxylation sites is 1. The molecule has 1 aliphatic heterocycles. The lowest BCUT2D eigenvalue weighted by Gasteiger charge is -2.38. The second-order valence-corrected chi connectivity index (χ2v) is 5.48. The molecular weight excluding hydrogens is 240 g/mol. The third kappa shape index (κ3) is 2.59. The highest BCUT2D eigenvalue weighted by Gasteiger charge is 2.34. The van der Waals surface area contributed by atoms with Crippen LogP contribution in [0, 0.1) is 0 Å². The molecule has 4 heteroatoms. The second-order valence-electron chi connectivity index (χ2n) is 5.48. The Bertz CT molecular complexity index is 469. The van der Waals surface area contributed by atoms with E-state index in [2.05, 4.69) is 22.8 Å². The van der Waals surface area contributed by atoms with Crippen LogP contribution in [0.25, 0.3) is 0 Å². The minimum absolute atomic E-state index is 0.165. The summed E-state index contributed by atoms with van der Waals surface area (Å²) in [6.45, 7) is 0.772. The smallest absolute Gasteiger partial charge is 0.221 e. The van der Waals surface area contributed by atoms with Gasteiger partial charge in [0, 0.05) is 25.0 Å². The Balaban J connectivity index is 1.53. The summed E-state index contributed by atoms with van der Waals surface area (Å²) >= 11 is 0. The van der Waals surface area contributed by atoms with E-state index < -0.39 is 0 Å². The number of ether oxygens (including phenoxy) is 1. The highest BCUT2D eigenvalue weighted by atomic mass is 16.5. The minimum Gasteiger partial charge on any atom is -0.496 e. The third-order valence-electron chi connectivity index (χ3n) is 4.17. The van der Waals surface area contributed by atoms with Gasteiger partial charge in [-0.1, -0.05) is 18.2 Å². The molecule has 1 saturated carbocycles. The van der Waals surface area contributed by atoms with Gasteiger partial charge in [0.1, 0.15) is 5.75 Å². The lowest BCUT2D eigenvalue weighted by Crippen LogP contribution is -2.46. The Morgan fingerprint density at radius 2 is 2.05 bits per heavy atom. The van der Waals surface area contributed by atoms with Crippen molar-refractivity contribution in [2.75, 3.05) is 13.7 Å². The number of amides is 1. The summed E-state index contributed by atoms with van der Waals surface area (Å²) in [6, 6.07) is 9.10. The van der Waals surface area contributed by atoms with Crippen molar-refractivity contribution >= 4 is 5.91 Å². The molecule has 0 aromatic heterocycles. The van der Waals surface area contributed by atoms with E-state index in [-0.39, 0.29) is 5.91 Å². The molecule has 0 bridgehead atoms. The SMILES string of the molecule is COc1ccccc1C1CC(NC2CNC(=O)C2)C1. The molecule has 3 rings (SSSR count). The highest BCUT2D eigenvalue weighted by Crippen LogP contribution is 2.41. The van der Waals surface area contributed by atoms with Gasteiger partial charge in [-0.15, -0.1) is 0 Å². The Kier molecular flexibility index (Phi) is 3.42. The van der Waals surface area contributed by atoms with Crippen LogP contribution in [0.4, 0.5) is 0 Å². The number of methoxy groups -OCH3 is 1. The summed E-state index contributed by atoms with van der Waals surface area (Å²) in [6.07, 6.45) is 2.88. The van der Waals surface area contributed by atoms with Gasteiger partial charge in [0.2, 0.25) is 5.91 Å². The predicted molar refractivity (Wildman–Crippen MR) is 73.3 cm³/mol. The van der Waals surface area contributed by atoms with Gasteiger partial charge in [-0.05, 0) is 30.4 Å². The quantitative estimate of drug-likeness (QED) is 0.861. The summed E-state index contributed by atoms with van der Waals surface area (Å²) in [4.78, 5) is 11.1. The molecule has 19 heavy (non-hydrogen) atoms. The molecule has 1 unspecified atom stereocenters. The Morgan fingerprint density at radius 3 is 2.74 bits per heavy atom. The Morgan fingerprint density at radius 1 is 1.26 bits per heavy atom.